The fourth-order valence-electron chi connectivity index (χ4n) is 6.49. The van der Waals surface area contributed by atoms with Gasteiger partial charge in [0.05, 0.1) is 12.2 Å². The SMILES string of the molecule is C=C1C[C@@]23CC[C@@H](C)[C@@](C)([C@H](O)C[C@@](C)(CC)[C@@H](O)[C@@H]2C)[C@@H]3C1=O. The van der Waals surface area contributed by atoms with E-state index in [1.807, 2.05) is 0 Å². The van der Waals surface area contributed by atoms with Gasteiger partial charge in [0, 0.05) is 11.3 Å². The van der Waals surface area contributed by atoms with Gasteiger partial charge in [-0.1, -0.05) is 41.2 Å². The molecule has 0 aliphatic heterocycles. The Labute approximate surface area is 146 Å². The van der Waals surface area contributed by atoms with Crippen molar-refractivity contribution >= 4 is 5.78 Å². The minimum absolute atomic E-state index is 0.0370. The number of rotatable bonds is 1. The zero-order valence-electron chi connectivity index (χ0n) is 15.9. The summed E-state index contributed by atoms with van der Waals surface area (Å²) in [5.74, 6) is 0.267. The predicted molar refractivity (Wildman–Crippen MR) is 95.4 cm³/mol. The molecule has 3 rings (SSSR count). The molecule has 2 N–H and O–H groups in total. The molecule has 0 unspecified atom stereocenters. The van der Waals surface area contributed by atoms with Crippen molar-refractivity contribution < 1.29 is 15.0 Å². The quantitative estimate of drug-likeness (QED) is 0.718. The van der Waals surface area contributed by atoms with Gasteiger partial charge in [-0.3, -0.25) is 4.79 Å². The molecule has 3 saturated carbocycles. The molecule has 0 aromatic heterocycles. The third-order valence-electron chi connectivity index (χ3n) is 8.73. The number of carbonyl (C=O) groups excluding carboxylic acids is 1. The summed E-state index contributed by atoms with van der Waals surface area (Å²) in [5.41, 5.74) is -0.291. The van der Waals surface area contributed by atoms with Crippen LogP contribution in [0.5, 0.6) is 0 Å². The number of Topliss-reactive ketones (excluding diaryl/α,β-unsaturated/α-hetero) is 1. The molecule has 3 heteroatoms. The summed E-state index contributed by atoms with van der Waals surface area (Å²) in [6, 6.07) is 0. The summed E-state index contributed by atoms with van der Waals surface area (Å²) in [7, 11) is 0. The van der Waals surface area contributed by atoms with Crippen LogP contribution < -0.4 is 0 Å². The Morgan fingerprint density at radius 3 is 2.46 bits per heavy atom. The van der Waals surface area contributed by atoms with E-state index in [4.69, 9.17) is 0 Å². The Kier molecular flexibility index (Phi) is 4.09. The molecular formula is C21H34O3. The lowest BCUT2D eigenvalue weighted by Gasteiger charge is -2.61. The second kappa shape index (κ2) is 5.41. The van der Waals surface area contributed by atoms with Gasteiger partial charge >= 0.3 is 0 Å². The molecule has 2 bridgehead atoms. The second-order valence-corrected chi connectivity index (χ2v) is 9.58. The Balaban J connectivity index is 2.23. The van der Waals surface area contributed by atoms with Crippen LogP contribution in [0.2, 0.25) is 0 Å². The van der Waals surface area contributed by atoms with E-state index in [9.17, 15) is 15.0 Å². The van der Waals surface area contributed by atoms with Crippen LogP contribution >= 0.6 is 0 Å². The maximum atomic E-state index is 13.1. The van der Waals surface area contributed by atoms with Crippen molar-refractivity contribution in [2.75, 3.05) is 0 Å². The molecule has 0 aromatic rings. The number of hydrogen-bond donors (Lipinski definition) is 2. The monoisotopic (exact) mass is 334 g/mol. The first-order chi connectivity index (χ1) is 11.0. The molecular weight excluding hydrogens is 300 g/mol. The van der Waals surface area contributed by atoms with Gasteiger partial charge in [-0.05, 0) is 60.3 Å². The van der Waals surface area contributed by atoms with Gasteiger partial charge in [-0.15, -0.1) is 0 Å². The summed E-state index contributed by atoms with van der Waals surface area (Å²) in [6.07, 6.45) is 2.95. The second-order valence-electron chi connectivity index (χ2n) is 9.58. The van der Waals surface area contributed by atoms with E-state index in [-0.39, 0.29) is 28.4 Å². The highest BCUT2D eigenvalue weighted by Crippen LogP contribution is 2.68. The molecule has 0 spiro atoms. The summed E-state index contributed by atoms with van der Waals surface area (Å²) in [6.45, 7) is 14.7. The van der Waals surface area contributed by atoms with Crippen LogP contribution in [0, 0.1) is 34.0 Å². The lowest BCUT2D eigenvalue weighted by Crippen LogP contribution is -2.62. The van der Waals surface area contributed by atoms with Crippen molar-refractivity contribution in [2.24, 2.45) is 34.0 Å². The number of aliphatic hydroxyl groups excluding tert-OH is 2. The molecule has 136 valence electrons. The fraction of sp³-hybridized carbons (Fsp3) is 0.857. The molecule has 0 heterocycles. The maximum absolute atomic E-state index is 13.1. The van der Waals surface area contributed by atoms with Gasteiger partial charge in [0.15, 0.2) is 5.78 Å². The zero-order chi connectivity index (χ0) is 18.1. The number of hydrogen-bond acceptors (Lipinski definition) is 3. The highest BCUT2D eigenvalue weighted by Gasteiger charge is 2.68. The average Bonchev–Trinajstić information content (AvgIpc) is 2.81. The summed E-state index contributed by atoms with van der Waals surface area (Å²) in [4.78, 5) is 13.1. The van der Waals surface area contributed by atoms with Crippen molar-refractivity contribution in [3.8, 4) is 0 Å². The fourth-order valence-corrected chi connectivity index (χ4v) is 6.49. The highest BCUT2D eigenvalue weighted by molar-refractivity contribution is 6.00. The number of aliphatic hydroxyl groups is 2. The van der Waals surface area contributed by atoms with E-state index in [2.05, 4.69) is 41.2 Å². The molecule has 0 aromatic carbocycles. The van der Waals surface area contributed by atoms with Crippen LogP contribution in [0.3, 0.4) is 0 Å². The lowest BCUT2D eigenvalue weighted by molar-refractivity contribution is -0.198. The first-order valence-corrected chi connectivity index (χ1v) is 9.62. The lowest BCUT2D eigenvalue weighted by atomic mass is 9.43. The number of carbonyl (C=O) groups is 1. The normalized spacial score (nSPS) is 55.0. The topological polar surface area (TPSA) is 57.5 Å². The third kappa shape index (κ3) is 2.00. The standard InChI is InChI=1S/C21H34O3/c1-7-19(5)11-15(22)20(6)13(3)8-9-21(14(4)18(19)24)10-12(2)16(23)17(20)21/h13-15,17-18,22,24H,2,7-11H2,1,3-6H3/t13-,14+,15-,17+,18+,19-,20+,21+/m1/s1. The van der Waals surface area contributed by atoms with E-state index in [1.54, 1.807) is 0 Å². The van der Waals surface area contributed by atoms with Crippen molar-refractivity contribution in [1.82, 2.24) is 0 Å². The van der Waals surface area contributed by atoms with Crippen LogP contribution in [-0.2, 0) is 4.79 Å². The molecule has 3 aliphatic rings. The molecule has 24 heavy (non-hydrogen) atoms. The van der Waals surface area contributed by atoms with Crippen LogP contribution in [0.1, 0.15) is 66.7 Å². The van der Waals surface area contributed by atoms with Crippen LogP contribution in [0.15, 0.2) is 12.2 Å². The first kappa shape index (κ1) is 18.1. The van der Waals surface area contributed by atoms with E-state index in [0.29, 0.717) is 24.3 Å². The number of allylic oxidation sites excluding steroid dienone is 1. The minimum Gasteiger partial charge on any atom is -0.393 e. The van der Waals surface area contributed by atoms with Gasteiger partial charge in [-0.25, -0.2) is 0 Å². The van der Waals surface area contributed by atoms with Crippen LogP contribution in [-0.4, -0.2) is 28.2 Å². The Hall–Kier alpha value is -0.670. The van der Waals surface area contributed by atoms with Crippen molar-refractivity contribution in [1.29, 1.82) is 0 Å². The van der Waals surface area contributed by atoms with E-state index in [1.165, 1.54) is 0 Å². The molecule has 0 radical (unpaired) electrons. The highest BCUT2D eigenvalue weighted by atomic mass is 16.3. The molecule has 0 amide bonds. The summed E-state index contributed by atoms with van der Waals surface area (Å²) < 4.78 is 0. The summed E-state index contributed by atoms with van der Waals surface area (Å²) >= 11 is 0. The van der Waals surface area contributed by atoms with Gasteiger partial charge in [-0.2, -0.15) is 0 Å². The van der Waals surface area contributed by atoms with Crippen molar-refractivity contribution in [3.05, 3.63) is 12.2 Å². The largest absolute Gasteiger partial charge is 0.393 e. The molecule has 3 fully saturated rings. The molecule has 8 atom stereocenters. The number of ketones is 1. The predicted octanol–water partition coefficient (Wildman–Crippen LogP) is 3.73. The van der Waals surface area contributed by atoms with E-state index in [0.717, 1.165) is 19.3 Å². The van der Waals surface area contributed by atoms with Gasteiger partial charge in [0.25, 0.3) is 0 Å². The smallest absolute Gasteiger partial charge is 0.162 e. The van der Waals surface area contributed by atoms with Crippen molar-refractivity contribution in [2.45, 2.75) is 78.9 Å². The van der Waals surface area contributed by atoms with Gasteiger partial charge in [0.1, 0.15) is 0 Å². The Morgan fingerprint density at radius 2 is 1.88 bits per heavy atom. The maximum Gasteiger partial charge on any atom is 0.162 e. The van der Waals surface area contributed by atoms with Crippen molar-refractivity contribution in [3.63, 3.8) is 0 Å². The molecule has 0 saturated heterocycles. The third-order valence-corrected chi connectivity index (χ3v) is 8.73. The molecule has 3 aliphatic carbocycles. The molecule has 3 nitrogen and oxygen atoms in total. The van der Waals surface area contributed by atoms with Gasteiger partial charge in [0.2, 0.25) is 0 Å². The Bertz CT molecular complexity index is 569. The first-order valence-electron chi connectivity index (χ1n) is 9.62. The van der Waals surface area contributed by atoms with E-state index >= 15 is 0 Å². The zero-order valence-corrected chi connectivity index (χ0v) is 15.9. The van der Waals surface area contributed by atoms with E-state index < -0.39 is 17.6 Å². The minimum atomic E-state index is -0.570. The Morgan fingerprint density at radius 1 is 1.25 bits per heavy atom. The summed E-state index contributed by atoms with van der Waals surface area (Å²) in [5, 5.41) is 22.5. The average molecular weight is 335 g/mol. The van der Waals surface area contributed by atoms with Gasteiger partial charge < -0.3 is 10.2 Å². The van der Waals surface area contributed by atoms with Crippen LogP contribution in [0.25, 0.3) is 0 Å². The van der Waals surface area contributed by atoms with Crippen LogP contribution in [0.4, 0.5) is 0 Å².